The maximum atomic E-state index is 11.5. The lowest BCUT2D eigenvalue weighted by Gasteiger charge is -2.17. The molecule has 1 aromatic rings. The van der Waals surface area contributed by atoms with Crippen LogP contribution >= 0.6 is 0 Å². The molecule has 0 saturated carbocycles. The van der Waals surface area contributed by atoms with Crippen LogP contribution in [-0.2, 0) is 23.0 Å². The molecule has 0 amide bonds. The van der Waals surface area contributed by atoms with Gasteiger partial charge in [-0.05, 0) is 48.9 Å². The van der Waals surface area contributed by atoms with Gasteiger partial charge >= 0.3 is 0 Å². The molecule has 0 unspecified atom stereocenters. The fraction of sp³-hybridized carbons (Fsp3) is 0.333. The van der Waals surface area contributed by atoms with Crippen LogP contribution in [-0.4, -0.2) is 24.9 Å². The lowest BCUT2D eigenvalue weighted by atomic mass is 9.91. The first-order chi connectivity index (χ1) is 9.77. The molecule has 1 aliphatic rings. The lowest BCUT2D eigenvalue weighted by molar-refractivity contribution is 0.483. The van der Waals surface area contributed by atoms with Gasteiger partial charge in [-0.2, -0.15) is 13.4 Å². The van der Waals surface area contributed by atoms with Crippen LogP contribution in [0.5, 0.6) is 0 Å². The summed E-state index contributed by atoms with van der Waals surface area (Å²) in [7, 11) is -4.41. The predicted molar refractivity (Wildman–Crippen MR) is 80.0 cm³/mol. The first kappa shape index (κ1) is 15.3. The van der Waals surface area contributed by atoms with Gasteiger partial charge in [-0.25, -0.2) is 4.99 Å². The number of hydrogen-bond acceptors (Lipinski definition) is 3. The van der Waals surface area contributed by atoms with Gasteiger partial charge in [-0.3, -0.25) is 4.55 Å². The van der Waals surface area contributed by atoms with Gasteiger partial charge in [0.1, 0.15) is 4.90 Å². The summed E-state index contributed by atoms with van der Waals surface area (Å²) in [6.07, 6.45) is 3.60. The SMILES string of the molecule is NC(N)=NC(N)=Nc1cc2c(cc1S(=O)(=O)O)CCCC2. The third kappa shape index (κ3) is 3.70. The Morgan fingerprint density at radius 1 is 1.10 bits per heavy atom. The number of rotatable bonds is 2. The van der Waals surface area contributed by atoms with Crippen molar-refractivity contribution in [2.75, 3.05) is 0 Å². The number of benzene rings is 1. The molecular formula is C12H17N5O3S. The summed E-state index contributed by atoms with van der Waals surface area (Å²) in [6.45, 7) is 0. The van der Waals surface area contributed by atoms with Crippen molar-refractivity contribution in [1.82, 2.24) is 0 Å². The van der Waals surface area contributed by atoms with Gasteiger partial charge in [0.15, 0.2) is 5.96 Å². The third-order valence-electron chi connectivity index (χ3n) is 3.18. The molecule has 0 bridgehead atoms. The van der Waals surface area contributed by atoms with Gasteiger partial charge in [0.2, 0.25) is 5.96 Å². The molecule has 0 heterocycles. The maximum Gasteiger partial charge on any atom is 0.296 e. The number of hydrogen-bond donors (Lipinski definition) is 4. The summed E-state index contributed by atoms with van der Waals surface area (Å²) in [5, 5.41) is 0. The second-order valence-corrected chi connectivity index (χ2v) is 6.17. The molecule has 0 aromatic heterocycles. The van der Waals surface area contributed by atoms with Gasteiger partial charge in [0.25, 0.3) is 10.1 Å². The van der Waals surface area contributed by atoms with Crippen molar-refractivity contribution >= 4 is 27.7 Å². The average molecular weight is 311 g/mol. The lowest BCUT2D eigenvalue weighted by Crippen LogP contribution is -2.26. The summed E-state index contributed by atoms with van der Waals surface area (Å²) < 4.78 is 32.4. The van der Waals surface area contributed by atoms with Crippen LogP contribution in [0, 0.1) is 0 Å². The Labute approximate surface area is 122 Å². The van der Waals surface area contributed by atoms with E-state index in [9.17, 15) is 13.0 Å². The highest BCUT2D eigenvalue weighted by Crippen LogP contribution is 2.32. The summed E-state index contributed by atoms with van der Waals surface area (Å²) in [4.78, 5) is 7.12. The van der Waals surface area contributed by atoms with E-state index in [1.165, 1.54) is 6.07 Å². The Kier molecular flexibility index (Phi) is 4.14. The molecule has 1 aliphatic carbocycles. The van der Waals surface area contributed by atoms with Crippen molar-refractivity contribution in [2.24, 2.45) is 27.2 Å². The highest BCUT2D eigenvalue weighted by atomic mass is 32.2. The van der Waals surface area contributed by atoms with Crippen molar-refractivity contribution in [2.45, 2.75) is 30.6 Å². The number of nitrogens with two attached hydrogens (primary N) is 3. The molecule has 0 aliphatic heterocycles. The average Bonchev–Trinajstić information content (AvgIpc) is 2.35. The Bertz CT molecular complexity index is 721. The number of aryl methyl sites for hydroxylation is 2. The maximum absolute atomic E-state index is 11.5. The minimum absolute atomic E-state index is 0.0284. The van der Waals surface area contributed by atoms with E-state index in [-0.39, 0.29) is 22.5 Å². The quantitative estimate of drug-likeness (QED) is 0.343. The minimum Gasteiger partial charge on any atom is -0.370 e. The first-order valence-corrected chi connectivity index (χ1v) is 7.78. The van der Waals surface area contributed by atoms with Gasteiger partial charge in [-0.1, -0.05) is 0 Å². The van der Waals surface area contributed by atoms with Crippen LogP contribution in [0.4, 0.5) is 5.69 Å². The van der Waals surface area contributed by atoms with Gasteiger partial charge < -0.3 is 17.2 Å². The van der Waals surface area contributed by atoms with E-state index in [0.717, 1.165) is 36.8 Å². The second kappa shape index (κ2) is 5.70. The number of nitrogens with zero attached hydrogens (tertiary/aromatic N) is 2. The summed E-state index contributed by atoms with van der Waals surface area (Å²) in [5.41, 5.74) is 17.8. The number of guanidine groups is 2. The van der Waals surface area contributed by atoms with E-state index in [0.29, 0.717) is 0 Å². The summed E-state index contributed by atoms with van der Waals surface area (Å²) >= 11 is 0. The molecule has 0 saturated heterocycles. The predicted octanol–water partition coefficient (Wildman–Crippen LogP) is 0.0317. The molecule has 2 rings (SSSR count). The normalized spacial score (nSPS) is 15.4. The van der Waals surface area contributed by atoms with E-state index in [1.807, 2.05) is 0 Å². The highest BCUT2D eigenvalue weighted by molar-refractivity contribution is 7.86. The summed E-state index contributed by atoms with van der Waals surface area (Å²) in [5.74, 6) is -0.571. The zero-order valence-electron chi connectivity index (χ0n) is 11.3. The van der Waals surface area contributed by atoms with Crippen LogP contribution < -0.4 is 17.2 Å². The van der Waals surface area contributed by atoms with Crippen LogP contribution in [0.3, 0.4) is 0 Å². The van der Waals surface area contributed by atoms with Crippen molar-refractivity contribution < 1.29 is 13.0 Å². The van der Waals surface area contributed by atoms with E-state index in [2.05, 4.69) is 9.98 Å². The molecule has 114 valence electrons. The summed E-state index contributed by atoms with van der Waals surface area (Å²) in [6, 6.07) is 3.04. The monoisotopic (exact) mass is 311 g/mol. The van der Waals surface area contributed by atoms with Crippen LogP contribution in [0.15, 0.2) is 27.0 Å². The molecule has 0 fully saturated rings. The zero-order valence-corrected chi connectivity index (χ0v) is 12.1. The van der Waals surface area contributed by atoms with Gasteiger partial charge in [0.05, 0.1) is 5.69 Å². The van der Waals surface area contributed by atoms with Gasteiger partial charge in [0, 0.05) is 0 Å². The van der Waals surface area contributed by atoms with E-state index < -0.39 is 10.1 Å². The van der Waals surface area contributed by atoms with Crippen LogP contribution in [0.2, 0.25) is 0 Å². The molecule has 1 aromatic carbocycles. The Hall–Kier alpha value is -2.13. The second-order valence-electron chi connectivity index (χ2n) is 4.78. The Morgan fingerprint density at radius 2 is 1.67 bits per heavy atom. The molecule has 7 N–H and O–H groups in total. The van der Waals surface area contributed by atoms with E-state index in [1.54, 1.807) is 6.07 Å². The van der Waals surface area contributed by atoms with Crippen LogP contribution in [0.25, 0.3) is 0 Å². The fourth-order valence-corrected chi connectivity index (χ4v) is 2.98. The van der Waals surface area contributed by atoms with Crippen molar-refractivity contribution in [3.63, 3.8) is 0 Å². The van der Waals surface area contributed by atoms with Crippen molar-refractivity contribution in [1.29, 1.82) is 0 Å². The number of aliphatic imine (C=N–C) groups is 2. The molecule has 0 radical (unpaired) electrons. The topological polar surface area (TPSA) is 157 Å². The van der Waals surface area contributed by atoms with Gasteiger partial charge in [-0.15, -0.1) is 0 Å². The van der Waals surface area contributed by atoms with E-state index >= 15 is 0 Å². The third-order valence-corrected chi connectivity index (χ3v) is 4.06. The Morgan fingerprint density at radius 3 is 2.19 bits per heavy atom. The van der Waals surface area contributed by atoms with Crippen molar-refractivity contribution in [3.05, 3.63) is 23.3 Å². The fourth-order valence-electron chi connectivity index (χ4n) is 2.32. The standard InChI is InChI=1S/C12H17N5O3S/c13-11(14)17-12(15)16-9-5-7-3-1-2-4-8(7)6-10(9)21(18,19)20/h5-6H,1-4H2,(H,18,19,20)(H6,13,14,15,16,17). The molecule has 21 heavy (non-hydrogen) atoms. The molecular weight excluding hydrogens is 294 g/mol. The molecule has 0 spiro atoms. The largest absolute Gasteiger partial charge is 0.370 e. The molecule has 9 heteroatoms. The van der Waals surface area contributed by atoms with Crippen LogP contribution in [0.1, 0.15) is 24.0 Å². The number of fused-ring (bicyclic) bond motifs is 1. The van der Waals surface area contributed by atoms with Crippen molar-refractivity contribution in [3.8, 4) is 0 Å². The first-order valence-electron chi connectivity index (χ1n) is 6.34. The molecule has 8 nitrogen and oxygen atoms in total. The van der Waals surface area contributed by atoms with E-state index in [4.69, 9.17) is 17.2 Å². The smallest absolute Gasteiger partial charge is 0.296 e. The highest BCUT2D eigenvalue weighted by Gasteiger charge is 2.20. The zero-order chi connectivity index (χ0) is 15.6. The molecule has 0 atom stereocenters. The Balaban J connectivity index is 2.60. The minimum atomic E-state index is -4.41.